The number of rotatable bonds is 4. The Morgan fingerprint density at radius 1 is 1.15 bits per heavy atom. The molecule has 0 radical (unpaired) electrons. The maximum absolute atomic E-state index is 12.6. The monoisotopic (exact) mass is 303 g/mol. The number of amides is 1. The summed E-state index contributed by atoms with van der Waals surface area (Å²) >= 11 is 0. The molecule has 0 aromatic rings. The Balaban J connectivity index is 2.05. The van der Waals surface area contributed by atoms with E-state index in [-0.39, 0.29) is 11.7 Å². The fourth-order valence-electron chi connectivity index (χ4n) is 2.93. The number of sulfonamides is 1. The van der Waals surface area contributed by atoms with E-state index in [0.717, 1.165) is 19.5 Å². The van der Waals surface area contributed by atoms with Gasteiger partial charge >= 0.3 is 0 Å². The minimum absolute atomic E-state index is 0.00437. The van der Waals surface area contributed by atoms with Gasteiger partial charge in [0, 0.05) is 32.7 Å². The Kier molecular flexibility index (Phi) is 5.04. The SMILES string of the molecule is CCCS(=O)(=O)N1CCCC1C(=O)N1CCN(C)CC1. The van der Waals surface area contributed by atoms with Crippen molar-refractivity contribution in [3.05, 3.63) is 0 Å². The standard InChI is InChI=1S/C13H25N3O3S/c1-3-11-20(18,19)16-6-4-5-12(16)13(17)15-9-7-14(2)8-10-15/h12H,3-11H2,1-2H3. The normalized spacial score (nSPS) is 26.1. The van der Waals surface area contributed by atoms with Gasteiger partial charge in [-0.15, -0.1) is 0 Å². The summed E-state index contributed by atoms with van der Waals surface area (Å²) in [5.41, 5.74) is 0. The first-order valence-electron chi connectivity index (χ1n) is 7.42. The molecule has 0 aliphatic carbocycles. The molecule has 0 spiro atoms. The van der Waals surface area contributed by atoms with Crippen LogP contribution in [-0.2, 0) is 14.8 Å². The van der Waals surface area contributed by atoms with Crippen LogP contribution >= 0.6 is 0 Å². The third kappa shape index (κ3) is 3.32. The molecule has 0 aromatic heterocycles. The largest absolute Gasteiger partial charge is 0.339 e. The van der Waals surface area contributed by atoms with E-state index in [9.17, 15) is 13.2 Å². The van der Waals surface area contributed by atoms with Crippen molar-refractivity contribution in [1.82, 2.24) is 14.1 Å². The Bertz CT molecular complexity index is 444. The predicted octanol–water partition coefficient (Wildman–Crippen LogP) is -0.0354. The van der Waals surface area contributed by atoms with Gasteiger partial charge in [0.1, 0.15) is 6.04 Å². The van der Waals surface area contributed by atoms with E-state index in [1.807, 2.05) is 18.9 Å². The number of carbonyl (C=O) groups excluding carboxylic acids is 1. The molecule has 0 N–H and O–H groups in total. The second-order valence-corrected chi connectivity index (χ2v) is 7.75. The van der Waals surface area contributed by atoms with E-state index < -0.39 is 16.1 Å². The number of carbonyl (C=O) groups is 1. The lowest BCUT2D eigenvalue weighted by Gasteiger charge is -2.35. The molecule has 2 aliphatic rings. The minimum Gasteiger partial charge on any atom is -0.339 e. The zero-order valence-corrected chi connectivity index (χ0v) is 13.2. The van der Waals surface area contributed by atoms with Gasteiger partial charge in [-0.25, -0.2) is 8.42 Å². The Morgan fingerprint density at radius 3 is 2.40 bits per heavy atom. The fourth-order valence-corrected chi connectivity index (χ4v) is 4.67. The number of piperazine rings is 1. The molecule has 0 saturated carbocycles. The van der Waals surface area contributed by atoms with Crippen LogP contribution in [0.5, 0.6) is 0 Å². The van der Waals surface area contributed by atoms with Gasteiger partial charge in [-0.3, -0.25) is 4.79 Å². The lowest BCUT2D eigenvalue weighted by atomic mass is 10.2. The third-order valence-electron chi connectivity index (χ3n) is 4.12. The number of likely N-dealkylation sites (N-methyl/N-ethyl adjacent to an activating group) is 1. The topological polar surface area (TPSA) is 60.9 Å². The first kappa shape index (κ1) is 15.7. The van der Waals surface area contributed by atoms with Gasteiger partial charge in [0.15, 0.2) is 0 Å². The smallest absolute Gasteiger partial charge is 0.241 e. The van der Waals surface area contributed by atoms with Gasteiger partial charge in [-0.2, -0.15) is 4.31 Å². The van der Waals surface area contributed by atoms with E-state index in [2.05, 4.69) is 4.90 Å². The minimum atomic E-state index is -3.28. The van der Waals surface area contributed by atoms with Crippen molar-refractivity contribution in [2.75, 3.05) is 45.5 Å². The molecule has 2 aliphatic heterocycles. The molecule has 116 valence electrons. The van der Waals surface area contributed by atoms with Crippen LogP contribution in [0.2, 0.25) is 0 Å². The zero-order valence-electron chi connectivity index (χ0n) is 12.4. The highest BCUT2D eigenvalue weighted by Gasteiger charge is 2.40. The molecule has 20 heavy (non-hydrogen) atoms. The quantitative estimate of drug-likeness (QED) is 0.731. The fraction of sp³-hybridized carbons (Fsp3) is 0.923. The van der Waals surface area contributed by atoms with Crippen molar-refractivity contribution in [3.8, 4) is 0 Å². The van der Waals surface area contributed by atoms with Crippen LogP contribution in [-0.4, -0.2) is 80.0 Å². The molecule has 2 heterocycles. The van der Waals surface area contributed by atoms with Gasteiger partial charge in [0.25, 0.3) is 0 Å². The Hall–Kier alpha value is -0.660. The van der Waals surface area contributed by atoms with Crippen molar-refractivity contribution < 1.29 is 13.2 Å². The molecule has 2 saturated heterocycles. The van der Waals surface area contributed by atoms with Crippen LogP contribution in [0, 0.1) is 0 Å². The van der Waals surface area contributed by atoms with Gasteiger partial charge < -0.3 is 9.80 Å². The first-order valence-corrected chi connectivity index (χ1v) is 9.03. The van der Waals surface area contributed by atoms with Gasteiger partial charge in [-0.1, -0.05) is 6.92 Å². The summed E-state index contributed by atoms with van der Waals surface area (Å²) in [5.74, 6) is 0.134. The molecule has 6 nitrogen and oxygen atoms in total. The van der Waals surface area contributed by atoms with Crippen LogP contribution in [0.3, 0.4) is 0 Å². The van der Waals surface area contributed by atoms with Crippen molar-refractivity contribution in [2.45, 2.75) is 32.2 Å². The number of hydrogen-bond donors (Lipinski definition) is 0. The molecule has 7 heteroatoms. The summed E-state index contributed by atoms with van der Waals surface area (Å²) in [5, 5.41) is 0. The van der Waals surface area contributed by atoms with E-state index in [1.54, 1.807) is 0 Å². The molecule has 1 atom stereocenters. The Morgan fingerprint density at radius 2 is 1.80 bits per heavy atom. The maximum atomic E-state index is 12.6. The lowest BCUT2D eigenvalue weighted by molar-refractivity contribution is -0.136. The van der Waals surface area contributed by atoms with E-state index in [1.165, 1.54) is 4.31 Å². The van der Waals surface area contributed by atoms with E-state index in [4.69, 9.17) is 0 Å². The van der Waals surface area contributed by atoms with Crippen LogP contribution < -0.4 is 0 Å². The highest BCUT2D eigenvalue weighted by Crippen LogP contribution is 2.24. The highest BCUT2D eigenvalue weighted by molar-refractivity contribution is 7.89. The van der Waals surface area contributed by atoms with E-state index in [0.29, 0.717) is 32.5 Å². The number of nitrogens with zero attached hydrogens (tertiary/aromatic N) is 3. The summed E-state index contributed by atoms with van der Waals surface area (Å²) in [4.78, 5) is 16.6. The Labute approximate surface area is 121 Å². The average molecular weight is 303 g/mol. The van der Waals surface area contributed by atoms with E-state index >= 15 is 0 Å². The summed E-state index contributed by atoms with van der Waals surface area (Å²) in [7, 11) is -1.24. The molecule has 0 aromatic carbocycles. The summed E-state index contributed by atoms with van der Waals surface area (Å²) < 4.78 is 25.9. The maximum Gasteiger partial charge on any atom is 0.241 e. The second kappa shape index (κ2) is 6.41. The molecule has 0 bridgehead atoms. The van der Waals surface area contributed by atoms with Crippen LogP contribution in [0.1, 0.15) is 26.2 Å². The molecular formula is C13H25N3O3S. The van der Waals surface area contributed by atoms with Crippen molar-refractivity contribution in [2.24, 2.45) is 0 Å². The van der Waals surface area contributed by atoms with Gasteiger partial charge in [0.05, 0.1) is 5.75 Å². The number of hydrogen-bond acceptors (Lipinski definition) is 4. The first-order chi connectivity index (χ1) is 9.45. The van der Waals surface area contributed by atoms with Crippen LogP contribution in [0.25, 0.3) is 0 Å². The summed E-state index contributed by atoms with van der Waals surface area (Å²) in [6.45, 7) is 5.47. The summed E-state index contributed by atoms with van der Waals surface area (Å²) in [6.07, 6.45) is 2.04. The molecular weight excluding hydrogens is 278 g/mol. The summed E-state index contributed by atoms with van der Waals surface area (Å²) in [6, 6.07) is -0.463. The van der Waals surface area contributed by atoms with Crippen molar-refractivity contribution in [1.29, 1.82) is 0 Å². The van der Waals surface area contributed by atoms with Crippen molar-refractivity contribution >= 4 is 15.9 Å². The molecule has 1 unspecified atom stereocenters. The van der Waals surface area contributed by atoms with Crippen LogP contribution in [0.4, 0.5) is 0 Å². The van der Waals surface area contributed by atoms with Gasteiger partial charge in [-0.05, 0) is 26.3 Å². The van der Waals surface area contributed by atoms with Crippen LogP contribution in [0.15, 0.2) is 0 Å². The molecule has 1 amide bonds. The van der Waals surface area contributed by atoms with Gasteiger partial charge in [0.2, 0.25) is 15.9 Å². The molecule has 2 fully saturated rings. The second-order valence-electron chi connectivity index (χ2n) is 5.71. The average Bonchev–Trinajstić information content (AvgIpc) is 2.88. The van der Waals surface area contributed by atoms with Crippen molar-refractivity contribution in [3.63, 3.8) is 0 Å². The molecule has 2 rings (SSSR count). The lowest BCUT2D eigenvalue weighted by Crippen LogP contribution is -2.53. The third-order valence-corrected chi connectivity index (χ3v) is 6.20. The zero-order chi connectivity index (χ0) is 14.8. The highest BCUT2D eigenvalue weighted by atomic mass is 32.2. The predicted molar refractivity (Wildman–Crippen MR) is 77.9 cm³/mol.